The average Bonchev–Trinajstić information content (AvgIpc) is 2.45. The Bertz CT molecular complexity index is 439. The number of phenolic OH excluding ortho intramolecular Hbond substituents is 1. The lowest BCUT2D eigenvalue weighted by Gasteiger charge is -2.22. The van der Waals surface area contributed by atoms with Crippen molar-refractivity contribution >= 4 is 11.5 Å². The number of ketones is 1. The standard InChI is InChI=1S/C17H27NO2/c1-5-8-9-13(4)17(20)15-11-10-14(12-16(15)19)18(6-2)7-3/h10-13,19H,5-9H2,1-4H3. The molecule has 0 bridgehead atoms. The highest BCUT2D eigenvalue weighted by molar-refractivity contribution is 6.00. The van der Waals surface area contributed by atoms with Crippen molar-refractivity contribution in [3.8, 4) is 5.75 Å². The molecule has 0 amide bonds. The molecule has 20 heavy (non-hydrogen) atoms. The summed E-state index contributed by atoms with van der Waals surface area (Å²) in [5, 5.41) is 10.1. The van der Waals surface area contributed by atoms with Gasteiger partial charge in [-0.2, -0.15) is 0 Å². The molecule has 0 aliphatic rings. The van der Waals surface area contributed by atoms with Crippen molar-refractivity contribution in [2.24, 2.45) is 5.92 Å². The van der Waals surface area contributed by atoms with E-state index in [0.717, 1.165) is 38.0 Å². The molecule has 3 heteroatoms. The van der Waals surface area contributed by atoms with E-state index in [1.807, 2.05) is 13.0 Å². The van der Waals surface area contributed by atoms with Gasteiger partial charge in [-0.25, -0.2) is 0 Å². The first-order valence-corrected chi connectivity index (χ1v) is 7.67. The van der Waals surface area contributed by atoms with Gasteiger partial charge in [0.1, 0.15) is 5.75 Å². The van der Waals surface area contributed by atoms with Gasteiger partial charge in [0.2, 0.25) is 0 Å². The number of carbonyl (C=O) groups is 1. The van der Waals surface area contributed by atoms with E-state index in [-0.39, 0.29) is 17.5 Å². The van der Waals surface area contributed by atoms with Crippen LogP contribution in [0.2, 0.25) is 0 Å². The Kier molecular flexibility index (Phi) is 6.56. The highest BCUT2D eigenvalue weighted by atomic mass is 16.3. The Balaban J connectivity index is 2.89. The Labute approximate surface area is 122 Å². The van der Waals surface area contributed by atoms with Gasteiger partial charge in [0, 0.05) is 30.8 Å². The van der Waals surface area contributed by atoms with Gasteiger partial charge in [0.25, 0.3) is 0 Å². The maximum Gasteiger partial charge on any atom is 0.169 e. The number of hydrogen-bond acceptors (Lipinski definition) is 3. The van der Waals surface area contributed by atoms with Gasteiger partial charge < -0.3 is 10.0 Å². The Morgan fingerprint density at radius 3 is 2.40 bits per heavy atom. The molecule has 0 aromatic heterocycles. The van der Waals surface area contributed by atoms with Gasteiger partial charge in [-0.1, -0.05) is 26.7 Å². The van der Waals surface area contributed by atoms with Crippen LogP contribution in [0.1, 0.15) is 57.3 Å². The minimum atomic E-state index is -0.0276. The summed E-state index contributed by atoms with van der Waals surface area (Å²) in [7, 11) is 0. The molecule has 3 nitrogen and oxygen atoms in total. The van der Waals surface area contributed by atoms with E-state index in [2.05, 4.69) is 25.7 Å². The molecule has 0 aliphatic heterocycles. The topological polar surface area (TPSA) is 40.5 Å². The molecule has 1 aromatic rings. The summed E-state index contributed by atoms with van der Waals surface area (Å²) >= 11 is 0. The zero-order valence-electron chi connectivity index (χ0n) is 13.1. The molecule has 1 unspecified atom stereocenters. The lowest BCUT2D eigenvalue weighted by atomic mass is 9.94. The number of anilines is 1. The molecule has 0 spiro atoms. The van der Waals surface area contributed by atoms with Crippen molar-refractivity contribution in [1.82, 2.24) is 0 Å². The van der Waals surface area contributed by atoms with Crippen LogP contribution >= 0.6 is 0 Å². The van der Waals surface area contributed by atoms with Crippen LogP contribution < -0.4 is 4.90 Å². The van der Waals surface area contributed by atoms with Gasteiger partial charge >= 0.3 is 0 Å². The maximum absolute atomic E-state index is 12.3. The molecular formula is C17H27NO2. The zero-order chi connectivity index (χ0) is 15.1. The predicted octanol–water partition coefficient (Wildman–Crippen LogP) is 4.25. The number of nitrogens with zero attached hydrogens (tertiary/aromatic N) is 1. The molecule has 0 aliphatic carbocycles. The van der Waals surface area contributed by atoms with Crippen LogP contribution in [0.4, 0.5) is 5.69 Å². The van der Waals surface area contributed by atoms with Crippen molar-refractivity contribution in [1.29, 1.82) is 0 Å². The third-order valence-corrected chi connectivity index (χ3v) is 3.81. The van der Waals surface area contributed by atoms with E-state index < -0.39 is 0 Å². The minimum absolute atomic E-state index is 0.0276. The number of unbranched alkanes of at least 4 members (excludes halogenated alkanes) is 1. The fraction of sp³-hybridized carbons (Fsp3) is 0.588. The number of rotatable bonds is 8. The first-order valence-electron chi connectivity index (χ1n) is 7.67. The highest BCUT2D eigenvalue weighted by Crippen LogP contribution is 2.27. The molecule has 1 atom stereocenters. The monoisotopic (exact) mass is 277 g/mol. The predicted molar refractivity (Wildman–Crippen MR) is 84.7 cm³/mol. The average molecular weight is 277 g/mol. The van der Waals surface area contributed by atoms with Crippen LogP contribution in [-0.4, -0.2) is 24.0 Å². The first kappa shape index (κ1) is 16.5. The van der Waals surface area contributed by atoms with Crippen LogP contribution in [0.15, 0.2) is 18.2 Å². The van der Waals surface area contributed by atoms with Crippen molar-refractivity contribution in [3.05, 3.63) is 23.8 Å². The molecule has 0 heterocycles. The summed E-state index contributed by atoms with van der Waals surface area (Å²) in [6.45, 7) is 9.98. The molecule has 0 radical (unpaired) electrons. The van der Waals surface area contributed by atoms with Gasteiger partial charge in [-0.3, -0.25) is 4.79 Å². The second kappa shape index (κ2) is 7.93. The third-order valence-electron chi connectivity index (χ3n) is 3.81. The second-order valence-electron chi connectivity index (χ2n) is 5.28. The van der Waals surface area contributed by atoms with Crippen molar-refractivity contribution in [2.45, 2.75) is 47.0 Å². The van der Waals surface area contributed by atoms with E-state index in [9.17, 15) is 9.90 Å². The smallest absolute Gasteiger partial charge is 0.169 e. The third kappa shape index (κ3) is 3.99. The second-order valence-corrected chi connectivity index (χ2v) is 5.28. The first-order chi connectivity index (χ1) is 9.54. The van der Waals surface area contributed by atoms with Crippen molar-refractivity contribution in [2.75, 3.05) is 18.0 Å². The lowest BCUT2D eigenvalue weighted by Crippen LogP contribution is -2.22. The maximum atomic E-state index is 12.3. The molecular weight excluding hydrogens is 250 g/mol. The van der Waals surface area contributed by atoms with E-state index in [1.54, 1.807) is 12.1 Å². The summed E-state index contributed by atoms with van der Waals surface area (Å²) in [6, 6.07) is 5.38. The van der Waals surface area contributed by atoms with Crippen molar-refractivity contribution < 1.29 is 9.90 Å². The van der Waals surface area contributed by atoms with E-state index >= 15 is 0 Å². The number of Topliss-reactive ketones (excluding diaryl/α,β-unsaturated/α-hetero) is 1. The number of hydrogen-bond donors (Lipinski definition) is 1. The van der Waals surface area contributed by atoms with Crippen LogP contribution in [-0.2, 0) is 0 Å². The Morgan fingerprint density at radius 2 is 1.90 bits per heavy atom. The molecule has 0 saturated carbocycles. The summed E-state index contributed by atoms with van der Waals surface area (Å²) in [5.74, 6) is 0.116. The number of benzene rings is 1. The molecule has 0 fully saturated rings. The summed E-state index contributed by atoms with van der Waals surface area (Å²) in [4.78, 5) is 14.5. The zero-order valence-corrected chi connectivity index (χ0v) is 13.1. The summed E-state index contributed by atoms with van der Waals surface area (Å²) in [5.41, 5.74) is 1.41. The SMILES string of the molecule is CCCCC(C)C(=O)c1ccc(N(CC)CC)cc1O. The van der Waals surface area contributed by atoms with Gasteiger partial charge in [0.05, 0.1) is 5.56 Å². The van der Waals surface area contributed by atoms with E-state index in [1.165, 1.54) is 0 Å². The fourth-order valence-electron chi connectivity index (χ4n) is 2.42. The molecule has 1 aromatic carbocycles. The molecule has 1 rings (SSSR count). The fourth-order valence-corrected chi connectivity index (χ4v) is 2.42. The van der Waals surface area contributed by atoms with Crippen molar-refractivity contribution in [3.63, 3.8) is 0 Å². The number of aromatic hydroxyl groups is 1. The van der Waals surface area contributed by atoms with E-state index in [4.69, 9.17) is 0 Å². The lowest BCUT2D eigenvalue weighted by molar-refractivity contribution is 0.0920. The normalized spacial score (nSPS) is 12.2. The molecule has 1 N–H and O–H groups in total. The van der Waals surface area contributed by atoms with Crippen LogP contribution in [0, 0.1) is 5.92 Å². The van der Waals surface area contributed by atoms with E-state index in [0.29, 0.717) is 5.56 Å². The van der Waals surface area contributed by atoms with Crippen LogP contribution in [0.25, 0.3) is 0 Å². The Morgan fingerprint density at radius 1 is 1.25 bits per heavy atom. The largest absolute Gasteiger partial charge is 0.507 e. The van der Waals surface area contributed by atoms with Gasteiger partial charge in [0.15, 0.2) is 5.78 Å². The van der Waals surface area contributed by atoms with Crippen LogP contribution in [0.3, 0.4) is 0 Å². The minimum Gasteiger partial charge on any atom is -0.507 e. The van der Waals surface area contributed by atoms with Gasteiger partial charge in [-0.05, 0) is 32.4 Å². The highest BCUT2D eigenvalue weighted by Gasteiger charge is 2.18. The quantitative estimate of drug-likeness (QED) is 0.722. The number of phenols is 1. The van der Waals surface area contributed by atoms with Crippen LogP contribution in [0.5, 0.6) is 5.75 Å². The molecule has 112 valence electrons. The Hall–Kier alpha value is -1.51. The molecule has 0 saturated heterocycles. The number of carbonyl (C=O) groups excluding carboxylic acids is 1. The summed E-state index contributed by atoms with van der Waals surface area (Å²) in [6.07, 6.45) is 3.02. The van der Waals surface area contributed by atoms with Gasteiger partial charge in [-0.15, -0.1) is 0 Å². The summed E-state index contributed by atoms with van der Waals surface area (Å²) < 4.78 is 0.